The first kappa shape index (κ1) is 13.4. The van der Waals surface area contributed by atoms with E-state index in [1.165, 1.54) is 5.56 Å². The zero-order valence-corrected chi connectivity index (χ0v) is 11.0. The molecule has 0 aliphatic rings. The zero-order chi connectivity index (χ0) is 13.7. The number of benzene rings is 1. The number of aromatic nitrogens is 1. The van der Waals surface area contributed by atoms with Crippen molar-refractivity contribution < 1.29 is 4.79 Å². The Labute approximate surface area is 113 Å². The van der Waals surface area contributed by atoms with Crippen LogP contribution in [0, 0.1) is 0 Å². The molecule has 0 fully saturated rings. The van der Waals surface area contributed by atoms with E-state index in [4.69, 9.17) is 5.73 Å². The number of hydrogen-bond donors (Lipinski definition) is 1. The van der Waals surface area contributed by atoms with Gasteiger partial charge in [-0.25, -0.2) is 0 Å². The van der Waals surface area contributed by atoms with E-state index < -0.39 is 6.04 Å². The van der Waals surface area contributed by atoms with Gasteiger partial charge in [-0.2, -0.15) is 0 Å². The summed E-state index contributed by atoms with van der Waals surface area (Å²) >= 11 is 0. The van der Waals surface area contributed by atoms with Crippen molar-refractivity contribution in [2.75, 3.05) is 0 Å². The van der Waals surface area contributed by atoms with Crippen LogP contribution in [-0.4, -0.2) is 10.8 Å². The summed E-state index contributed by atoms with van der Waals surface area (Å²) < 4.78 is 0. The molecule has 0 saturated carbocycles. The van der Waals surface area contributed by atoms with Crippen molar-refractivity contribution in [1.29, 1.82) is 0 Å². The number of nitrogens with two attached hydrogens (primary N) is 1. The Hall–Kier alpha value is -2.00. The van der Waals surface area contributed by atoms with Gasteiger partial charge in [0.2, 0.25) is 0 Å². The largest absolute Gasteiger partial charge is 0.318 e. The zero-order valence-electron chi connectivity index (χ0n) is 11.0. The summed E-state index contributed by atoms with van der Waals surface area (Å²) in [6.45, 7) is 2.08. The molecule has 19 heavy (non-hydrogen) atoms. The van der Waals surface area contributed by atoms with Gasteiger partial charge in [-0.3, -0.25) is 9.78 Å². The molecule has 1 heterocycles. The van der Waals surface area contributed by atoms with Crippen molar-refractivity contribution in [3.05, 3.63) is 65.5 Å². The molecule has 1 aromatic carbocycles. The van der Waals surface area contributed by atoms with E-state index in [0.29, 0.717) is 0 Å². The van der Waals surface area contributed by atoms with Crippen molar-refractivity contribution >= 4 is 5.78 Å². The predicted molar refractivity (Wildman–Crippen MR) is 75.7 cm³/mol. The third-order valence-corrected chi connectivity index (χ3v) is 3.16. The lowest BCUT2D eigenvalue weighted by atomic mass is 10.0. The van der Waals surface area contributed by atoms with Crippen LogP contribution in [0.25, 0.3) is 0 Å². The fourth-order valence-electron chi connectivity index (χ4n) is 1.90. The van der Waals surface area contributed by atoms with Gasteiger partial charge in [0.1, 0.15) is 0 Å². The number of aryl methyl sites for hydroxylation is 1. The molecule has 0 amide bonds. The third kappa shape index (κ3) is 3.48. The molecule has 98 valence electrons. The van der Waals surface area contributed by atoms with E-state index in [0.717, 1.165) is 17.7 Å². The molecule has 0 radical (unpaired) electrons. The molecule has 1 aromatic heterocycles. The highest BCUT2D eigenvalue weighted by atomic mass is 16.1. The van der Waals surface area contributed by atoms with Gasteiger partial charge >= 0.3 is 0 Å². The van der Waals surface area contributed by atoms with Crippen LogP contribution in [-0.2, 0) is 17.6 Å². The number of Topliss-reactive ketones (excluding diaryl/α,β-unsaturated/α-hetero) is 1. The van der Waals surface area contributed by atoms with Crippen LogP contribution in [0.5, 0.6) is 0 Å². The predicted octanol–water partition coefficient (Wildman–Crippen LogP) is 2.46. The van der Waals surface area contributed by atoms with Crippen LogP contribution >= 0.6 is 0 Å². The molecule has 0 aliphatic carbocycles. The summed E-state index contributed by atoms with van der Waals surface area (Å²) in [4.78, 5) is 16.4. The average molecular weight is 254 g/mol. The smallest absolute Gasteiger partial charge is 0.159 e. The maximum atomic E-state index is 12.1. The van der Waals surface area contributed by atoms with Crippen LogP contribution in [0.1, 0.15) is 29.8 Å². The Morgan fingerprint density at radius 3 is 2.53 bits per heavy atom. The number of nitrogens with zero attached hydrogens (tertiary/aromatic N) is 1. The van der Waals surface area contributed by atoms with Gasteiger partial charge in [0.25, 0.3) is 0 Å². The second-order valence-electron chi connectivity index (χ2n) is 4.54. The summed E-state index contributed by atoms with van der Waals surface area (Å²) in [6.07, 6.45) is 3.04. The number of ketones is 1. The molecule has 3 nitrogen and oxygen atoms in total. The molecule has 0 spiro atoms. The molecule has 0 unspecified atom stereocenters. The number of carbonyl (C=O) groups is 1. The lowest BCUT2D eigenvalue weighted by Crippen LogP contribution is -2.23. The summed E-state index contributed by atoms with van der Waals surface area (Å²) in [5, 5.41) is 0. The highest BCUT2D eigenvalue weighted by molar-refractivity contribution is 5.86. The van der Waals surface area contributed by atoms with Crippen LogP contribution in [0.3, 0.4) is 0 Å². The Kier molecular flexibility index (Phi) is 4.42. The van der Waals surface area contributed by atoms with Gasteiger partial charge in [0.15, 0.2) is 5.78 Å². The van der Waals surface area contributed by atoms with E-state index in [-0.39, 0.29) is 12.2 Å². The van der Waals surface area contributed by atoms with Gasteiger partial charge in [-0.1, -0.05) is 43.3 Å². The summed E-state index contributed by atoms with van der Waals surface area (Å²) in [6, 6.07) is 12.7. The lowest BCUT2D eigenvalue weighted by Gasteiger charge is -2.10. The van der Waals surface area contributed by atoms with Gasteiger partial charge in [-0.15, -0.1) is 0 Å². The van der Waals surface area contributed by atoms with Crippen molar-refractivity contribution in [2.24, 2.45) is 5.73 Å². The average Bonchev–Trinajstić information content (AvgIpc) is 2.48. The van der Waals surface area contributed by atoms with Crippen molar-refractivity contribution in [1.82, 2.24) is 4.98 Å². The molecule has 0 bridgehead atoms. The second kappa shape index (κ2) is 6.25. The summed E-state index contributed by atoms with van der Waals surface area (Å²) in [5.41, 5.74) is 8.75. The Morgan fingerprint density at radius 2 is 1.95 bits per heavy atom. The highest BCUT2D eigenvalue weighted by Crippen LogP contribution is 2.13. The number of carbonyl (C=O) groups excluding carboxylic acids is 1. The molecule has 2 N–H and O–H groups in total. The normalized spacial score (nSPS) is 12.1. The fourth-order valence-corrected chi connectivity index (χ4v) is 1.90. The molecule has 0 saturated heterocycles. The van der Waals surface area contributed by atoms with Crippen LogP contribution in [0.2, 0.25) is 0 Å². The minimum atomic E-state index is -0.575. The quantitative estimate of drug-likeness (QED) is 0.891. The van der Waals surface area contributed by atoms with Crippen molar-refractivity contribution in [3.8, 4) is 0 Å². The Morgan fingerprint density at radius 1 is 1.21 bits per heavy atom. The first-order chi connectivity index (χ1) is 9.20. The summed E-state index contributed by atoms with van der Waals surface area (Å²) in [7, 11) is 0. The monoisotopic (exact) mass is 254 g/mol. The molecular formula is C16H18N2O. The van der Waals surface area contributed by atoms with Gasteiger partial charge in [-0.05, 0) is 23.6 Å². The van der Waals surface area contributed by atoms with Crippen LogP contribution in [0.15, 0.2) is 48.7 Å². The van der Waals surface area contributed by atoms with E-state index >= 15 is 0 Å². The molecule has 2 aromatic rings. The number of hydrogen-bond acceptors (Lipinski definition) is 3. The first-order valence-electron chi connectivity index (χ1n) is 6.47. The second-order valence-corrected chi connectivity index (χ2v) is 4.54. The van der Waals surface area contributed by atoms with E-state index in [2.05, 4.69) is 11.9 Å². The minimum Gasteiger partial charge on any atom is -0.318 e. The van der Waals surface area contributed by atoms with E-state index in [9.17, 15) is 4.79 Å². The standard InChI is InChI=1S/C16H18N2O/c1-2-12-8-9-14(18-11-12)10-15(19)16(17)13-6-4-3-5-7-13/h3-9,11,16H,2,10,17H2,1H3/t16-/m1/s1. The number of pyridine rings is 1. The van der Waals surface area contributed by atoms with Gasteiger partial charge in [0.05, 0.1) is 12.5 Å². The highest BCUT2D eigenvalue weighted by Gasteiger charge is 2.16. The van der Waals surface area contributed by atoms with Crippen molar-refractivity contribution in [3.63, 3.8) is 0 Å². The molecular weight excluding hydrogens is 236 g/mol. The molecule has 1 atom stereocenters. The Bertz CT molecular complexity index is 534. The fraction of sp³-hybridized carbons (Fsp3) is 0.250. The molecule has 3 heteroatoms. The van der Waals surface area contributed by atoms with Crippen LogP contribution in [0.4, 0.5) is 0 Å². The van der Waals surface area contributed by atoms with Crippen LogP contribution < -0.4 is 5.73 Å². The van der Waals surface area contributed by atoms with Gasteiger partial charge < -0.3 is 5.73 Å². The summed E-state index contributed by atoms with van der Waals surface area (Å²) in [5.74, 6) is -0.0112. The SMILES string of the molecule is CCc1ccc(CC(=O)[C@H](N)c2ccccc2)nc1. The molecule has 0 aliphatic heterocycles. The number of rotatable bonds is 5. The van der Waals surface area contributed by atoms with Crippen molar-refractivity contribution in [2.45, 2.75) is 25.8 Å². The maximum absolute atomic E-state index is 12.1. The van der Waals surface area contributed by atoms with E-state index in [1.54, 1.807) is 0 Å². The maximum Gasteiger partial charge on any atom is 0.159 e. The Balaban J connectivity index is 2.04. The van der Waals surface area contributed by atoms with E-state index in [1.807, 2.05) is 48.7 Å². The third-order valence-electron chi connectivity index (χ3n) is 3.16. The first-order valence-corrected chi connectivity index (χ1v) is 6.47. The van der Waals surface area contributed by atoms with Gasteiger partial charge in [0, 0.05) is 11.9 Å². The topological polar surface area (TPSA) is 56.0 Å². The lowest BCUT2D eigenvalue weighted by molar-refractivity contribution is -0.119. The molecule has 2 rings (SSSR count). The minimum absolute atomic E-state index is 0.0112.